The molecule has 0 bridgehead atoms. The molecule has 46 heavy (non-hydrogen) atoms. The van der Waals surface area contributed by atoms with Crippen molar-refractivity contribution in [3.63, 3.8) is 0 Å². The Balaban J connectivity index is 1.51. The third kappa shape index (κ3) is 8.94. The van der Waals surface area contributed by atoms with E-state index >= 15 is 0 Å². The number of esters is 1. The van der Waals surface area contributed by atoms with Crippen molar-refractivity contribution in [2.24, 2.45) is 0 Å². The number of para-hydroxylation sites is 1. The summed E-state index contributed by atoms with van der Waals surface area (Å²) in [5.41, 5.74) is 2.02. The summed E-state index contributed by atoms with van der Waals surface area (Å²) in [5, 5.41) is 17.4. The number of nitrogens with zero attached hydrogens (tertiary/aromatic N) is 1. The van der Waals surface area contributed by atoms with Gasteiger partial charge in [-0.05, 0) is 86.5 Å². The number of carbonyl (C=O) groups excluding carboxylic acids is 2. The first-order valence-corrected chi connectivity index (χ1v) is 17.1. The highest BCUT2D eigenvalue weighted by molar-refractivity contribution is 7.99. The van der Waals surface area contributed by atoms with Crippen LogP contribution in [-0.4, -0.2) is 41.8 Å². The fraction of sp³-hybridized carbons (Fsp3) is 0.176. The van der Waals surface area contributed by atoms with Gasteiger partial charge in [-0.25, -0.2) is 9.65 Å². The van der Waals surface area contributed by atoms with Crippen molar-refractivity contribution in [2.75, 3.05) is 12.1 Å². The maximum absolute atomic E-state index is 14.6. The van der Waals surface area contributed by atoms with Gasteiger partial charge in [0.25, 0.3) is 5.91 Å². The lowest BCUT2D eigenvalue weighted by molar-refractivity contribution is -0.146. The first-order valence-electron chi connectivity index (χ1n) is 14.7. The van der Waals surface area contributed by atoms with Crippen LogP contribution in [0, 0.1) is 5.41 Å². The van der Waals surface area contributed by atoms with Crippen LogP contribution < -0.4 is 20.0 Å². The van der Waals surface area contributed by atoms with Crippen LogP contribution in [0.25, 0.3) is 6.08 Å². The van der Waals surface area contributed by atoms with Crippen LogP contribution in [0.1, 0.15) is 41.4 Å². The molecule has 4 aromatic rings. The minimum Gasteiger partial charge on any atom is -0.461 e. The van der Waals surface area contributed by atoms with E-state index in [-0.39, 0.29) is 17.7 Å². The van der Waals surface area contributed by atoms with Gasteiger partial charge in [0.15, 0.2) is 0 Å². The number of carbonyl (C=O) groups is 2. The fourth-order valence-corrected chi connectivity index (χ4v) is 6.96. The maximum Gasteiger partial charge on any atom is 0.417 e. The highest BCUT2D eigenvalue weighted by Crippen LogP contribution is 2.46. The second kappa shape index (κ2) is 15.1. The molecule has 1 aromatic heterocycles. The molecular weight excluding hydrogens is 621 g/mol. The monoisotopic (exact) mass is 655 g/mol. The van der Waals surface area contributed by atoms with Crippen LogP contribution in [0.4, 0.5) is 5.69 Å². The molecule has 1 fully saturated rings. The van der Waals surface area contributed by atoms with Crippen LogP contribution in [0.2, 0.25) is 0 Å². The Bertz CT molecular complexity index is 1780. The van der Waals surface area contributed by atoms with Gasteiger partial charge in [0.2, 0.25) is 0 Å². The summed E-state index contributed by atoms with van der Waals surface area (Å²) < 4.78 is 26.0. The molecule has 5 rings (SSSR count). The Hall–Kier alpha value is -4.70. The predicted octanol–water partition coefficient (Wildman–Crippen LogP) is 6.96. The Kier molecular flexibility index (Phi) is 10.7. The highest BCUT2D eigenvalue weighted by Gasteiger charge is 2.34. The minimum atomic E-state index is -4.08. The molecule has 0 aliphatic heterocycles. The Morgan fingerprint density at radius 2 is 1.74 bits per heavy atom. The molecule has 1 saturated carbocycles. The molecule has 12 heteroatoms. The quantitative estimate of drug-likeness (QED) is 0.0644. The summed E-state index contributed by atoms with van der Waals surface area (Å²) in [7, 11) is -2.51. The number of pyridine rings is 1. The molecule has 0 saturated heterocycles. The standard InChI is InChI=1S/C34H34N5O5PS/c1-23(34(41)43-25-16-17-25)38-45(42,44-26-11-4-3-5-12-26)39-31-22-27(46-32-14-7-6-13-29(32)33(40)36-2)18-19-28(31)30(35)20-15-24-10-8-9-21-37-24/h3-15,18-23,25,35H,16-17H2,1-2H3,(H,36,40)(H2,38,39,42)/b20-15+,35-30?. The van der Waals surface area contributed by atoms with Crippen LogP contribution >= 0.6 is 19.4 Å². The first kappa shape index (κ1) is 32.7. The van der Waals surface area contributed by atoms with Crippen molar-refractivity contribution < 1.29 is 23.4 Å². The number of rotatable bonds is 14. The van der Waals surface area contributed by atoms with E-state index in [1.165, 1.54) is 11.8 Å². The SMILES string of the molecule is CNC(=O)c1ccccc1Sc1ccc(C(=N)/C=C/c2ccccn2)c(NP(=O)(NC(C)C(=O)OC2CC2)Oc2ccccc2)c1. The Labute approximate surface area is 272 Å². The minimum absolute atomic E-state index is 0.114. The lowest BCUT2D eigenvalue weighted by Crippen LogP contribution is -2.36. The van der Waals surface area contributed by atoms with E-state index in [4.69, 9.17) is 14.7 Å². The van der Waals surface area contributed by atoms with E-state index in [1.54, 1.807) is 86.9 Å². The summed E-state index contributed by atoms with van der Waals surface area (Å²) in [6.07, 6.45) is 6.46. The van der Waals surface area contributed by atoms with Crippen molar-refractivity contribution in [1.82, 2.24) is 15.4 Å². The Morgan fingerprint density at radius 3 is 2.46 bits per heavy atom. The predicted molar refractivity (Wildman–Crippen MR) is 181 cm³/mol. The zero-order valence-electron chi connectivity index (χ0n) is 25.3. The smallest absolute Gasteiger partial charge is 0.417 e. The molecule has 236 valence electrons. The molecule has 0 radical (unpaired) electrons. The molecule has 10 nitrogen and oxygen atoms in total. The van der Waals surface area contributed by atoms with E-state index in [0.717, 1.165) is 12.8 Å². The van der Waals surface area contributed by atoms with Gasteiger partial charge in [-0.3, -0.25) is 19.7 Å². The third-order valence-electron chi connectivity index (χ3n) is 6.75. The number of hydrogen-bond donors (Lipinski definition) is 4. The van der Waals surface area contributed by atoms with Crippen molar-refractivity contribution in [1.29, 1.82) is 5.41 Å². The van der Waals surface area contributed by atoms with Gasteiger partial charge in [0.1, 0.15) is 17.9 Å². The second-order valence-corrected chi connectivity index (χ2v) is 13.3. The summed E-state index contributed by atoms with van der Waals surface area (Å²) in [5.74, 6) is -0.454. The van der Waals surface area contributed by atoms with Gasteiger partial charge in [0, 0.05) is 28.6 Å². The normalized spacial score (nSPS) is 14.6. The number of ether oxygens (including phenoxy) is 1. The number of aromatic nitrogens is 1. The highest BCUT2D eigenvalue weighted by atomic mass is 32.2. The van der Waals surface area contributed by atoms with Crippen LogP contribution in [0.15, 0.2) is 113 Å². The number of allylic oxidation sites excluding steroid dienone is 1. The topological polar surface area (TPSA) is 142 Å². The van der Waals surface area contributed by atoms with Crippen LogP contribution in [0.5, 0.6) is 5.75 Å². The maximum atomic E-state index is 14.6. The molecule has 1 heterocycles. The lowest BCUT2D eigenvalue weighted by Gasteiger charge is -2.26. The molecule has 3 aromatic carbocycles. The largest absolute Gasteiger partial charge is 0.461 e. The first-order chi connectivity index (χ1) is 22.2. The van der Waals surface area contributed by atoms with E-state index < -0.39 is 19.7 Å². The summed E-state index contributed by atoms with van der Waals surface area (Å²) >= 11 is 1.34. The average molecular weight is 656 g/mol. The third-order valence-corrected chi connectivity index (χ3v) is 9.54. The van der Waals surface area contributed by atoms with Gasteiger partial charge < -0.3 is 20.0 Å². The molecule has 0 spiro atoms. The summed E-state index contributed by atoms with van der Waals surface area (Å²) in [6, 6.07) is 25.6. The summed E-state index contributed by atoms with van der Waals surface area (Å²) in [6.45, 7) is 1.56. The van der Waals surface area contributed by atoms with Gasteiger partial charge in [-0.15, -0.1) is 0 Å². The fourth-order valence-electron chi connectivity index (χ4n) is 4.28. The number of hydrogen-bond acceptors (Lipinski definition) is 8. The molecule has 4 N–H and O–H groups in total. The van der Waals surface area contributed by atoms with E-state index in [2.05, 4.69) is 20.5 Å². The van der Waals surface area contributed by atoms with Gasteiger partial charge in [0.05, 0.1) is 22.7 Å². The van der Waals surface area contributed by atoms with E-state index in [9.17, 15) is 14.2 Å². The van der Waals surface area contributed by atoms with Crippen molar-refractivity contribution >= 4 is 48.8 Å². The van der Waals surface area contributed by atoms with Gasteiger partial charge >= 0.3 is 13.6 Å². The number of nitrogens with one attached hydrogen (secondary N) is 4. The summed E-state index contributed by atoms with van der Waals surface area (Å²) in [4.78, 5) is 31.0. The molecule has 2 unspecified atom stereocenters. The lowest BCUT2D eigenvalue weighted by atomic mass is 10.1. The Morgan fingerprint density at radius 1 is 1.00 bits per heavy atom. The zero-order chi connectivity index (χ0) is 32.5. The number of benzene rings is 3. The number of anilines is 1. The van der Waals surface area contributed by atoms with E-state index in [0.29, 0.717) is 38.0 Å². The van der Waals surface area contributed by atoms with Crippen molar-refractivity contribution in [3.05, 3.63) is 120 Å². The van der Waals surface area contributed by atoms with Crippen LogP contribution in [-0.2, 0) is 14.1 Å². The van der Waals surface area contributed by atoms with Gasteiger partial charge in [-0.1, -0.05) is 48.2 Å². The number of amides is 1. The molecule has 1 aliphatic rings. The van der Waals surface area contributed by atoms with Crippen LogP contribution in [0.3, 0.4) is 0 Å². The zero-order valence-corrected chi connectivity index (χ0v) is 27.0. The van der Waals surface area contributed by atoms with Crippen molar-refractivity contribution in [3.8, 4) is 5.75 Å². The molecule has 1 amide bonds. The molecular formula is C34H34N5O5PS. The van der Waals surface area contributed by atoms with Gasteiger partial charge in [-0.2, -0.15) is 0 Å². The molecule has 1 aliphatic carbocycles. The molecule has 2 atom stereocenters. The van der Waals surface area contributed by atoms with Crippen molar-refractivity contribution in [2.45, 2.75) is 41.7 Å². The average Bonchev–Trinajstić information content (AvgIpc) is 3.88. The van der Waals surface area contributed by atoms with E-state index in [1.807, 2.05) is 36.4 Å². The second-order valence-electron chi connectivity index (χ2n) is 10.4.